The van der Waals surface area contributed by atoms with Crippen LogP contribution < -0.4 is 15.6 Å². The van der Waals surface area contributed by atoms with Crippen molar-refractivity contribution in [2.75, 3.05) is 41.9 Å². The summed E-state index contributed by atoms with van der Waals surface area (Å²) in [5.41, 5.74) is 4.03. The summed E-state index contributed by atoms with van der Waals surface area (Å²) < 4.78 is 20.8. The van der Waals surface area contributed by atoms with Gasteiger partial charge in [-0.15, -0.1) is 0 Å². The molecular formula is C22H20ClFN6O2. The molecule has 164 valence electrons. The number of benzene rings is 1. The lowest BCUT2D eigenvalue weighted by Crippen LogP contribution is -2.36. The number of fused-ring (bicyclic) bond motifs is 1. The van der Waals surface area contributed by atoms with Gasteiger partial charge in [-0.3, -0.25) is 4.79 Å². The molecule has 32 heavy (non-hydrogen) atoms. The van der Waals surface area contributed by atoms with Crippen molar-refractivity contribution >= 4 is 35.2 Å². The van der Waals surface area contributed by atoms with Crippen molar-refractivity contribution in [2.24, 2.45) is 0 Å². The Labute approximate surface area is 188 Å². The average Bonchev–Trinajstić information content (AvgIpc) is 3.25. The number of nitrogens with one attached hydrogen (secondary N) is 2. The topological polar surface area (TPSA) is 84.3 Å². The van der Waals surface area contributed by atoms with Crippen molar-refractivity contribution in [2.45, 2.75) is 6.04 Å². The number of hydrogen-bond acceptors (Lipinski definition) is 6. The van der Waals surface area contributed by atoms with Gasteiger partial charge in [0.05, 0.1) is 30.5 Å². The summed E-state index contributed by atoms with van der Waals surface area (Å²) in [7, 11) is 0. The molecule has 1 amide bonds. The van der Waals surface area contributed by atoms with Crippen LogP contribution in [0.25, 0.3) is 6.08 Å². The first-order valence-electron chi connectivity index (χ1n) is 10.2. The standard InChI is InChI=1S/C22H20ClFN6O2/c23-21-14(3-1-4-15(21)24)16-7-8-19-25-13-17(30(19)28-16)22(31)27-18-5-2-6-20(26-18)29-9-11-32-12-10-29/h1-8,13,16,28H,9-12H2,(H,26,27,31). The van der Waals surface area contributed by atoms with E-state index in [1.807, 2.05) is 18.2 Å². The number of imidazole rings is 1. The molecule has 0 bridgehead atoms. The molecule has 2 aliphatic heterocycles. The third-order valence-electron chi connectivity index (χ3n) is 5.36. The Kier molecular flexibility index (Phi) is 5.50. The van der Waals surface area contributed by atoms with Crippen LogP contribution in [-0.4, -0.2) is 46.9 Å². The molecule has 0 aliphatic carbocycles. The van der Waals surface area contributed by atoms with Gasteiger partial charge in [0.2, 0.25) is 0 Å². The van der Waals surface area contributed by atoms with E-state index in [4.69, 9.17) is 16.3 Å². The van der Waals surface area contributed by atoms with Gasteiger partial charge in [0.1, 0.15) is 23.1 Å². The van der Waals surface area contributed by atoms with Crippen molar-refractivity contribution in [1.82, 2.24) is 14.6 Å². The van der Waals surface area contributed by atoms with Crippen molar-refractivity contribution in [3.8, 4) is 0 Å². The summed E-state index contributed by atoms with van der Waals surface area (Å²) in [6.07, 6.45) is 5.05. The van der Waals surface area contributed by atoms with Gasteiger partial charge in [-0.2, -0.15) is 0 Å². The fourth-order valence-electron chi connectivity index (χ4n) is 3.72. The molecule has 2 N–H and O–H groups in total. The van der Waals surface area contributed by atoms with Crippen LogP contribution >= 0.6 is 11.6 Å². The summed E-state index contributed by atoms with van der Waals surface area (Å²) in [5.74, 6) is 0.894. The van der Waals surface area contributed by atoms with Gasteiger partial charge in [0, 0.05) is 18.7 Å². The molecule has 10 heteroatoms. The fourth-order valence-corrected chi connectivity index (χ4v) is 3.96. The number of aromatic nitrogens is 3. The number of halogens is 2. The highest BCUT2D eigenvalue weighted by molar-refractivity contribution is 6.31. The predicted molar refractivity (Wildman–Crippen MR) is 120 cm³/mol. The second kappa shape index (κ2) is 8.60. The van der Waals surface area contributed by atoms with Crippen molar-refractivity contribution in [3.63, 3.8) is 0 Å². The Morgan fingerprint density at radius 1 is 1.22 bits per heavy atom. The monoisotopic (exact) mass is 454 g/mol. The molecule has 4 heterocycles. The molecular weight excluding hydrogens is 435 g/mol. The van der Waals surface area contributed by atoms with E-state index in [2.05, 4.69) is 25.6 Å². The third kappa shape index (κ3) is 3.92. The normalized spacial score (nSPS) is 17.6. The quantitative estimate of drug-likeness (QED) is 0.628. The zero-order valence-electron chi connectivity index (χ0n) is 17.0. The van der Waals surface area contributed by atoms with Gasteiger partial charge in [0.15, 0.2) is 5.82 Å². The second-order valence-corrected chi connectivity index (χ2v) is 7.76. The minimum atomic E-state index is -0.500. The van der Waals surface area contributed by atoms with Crippen LogP contribution in [0.2, 0.25) is 5.02 Å². The molecule has 1 unspecified atom stereocenters. The molecule has 1 atom stereocenters. The summed E-state index contributed by atoms with van der Waals surface area (Å²) in [5, 5.41) is 2.87. The SMILES string of the molecule is O=C(Nc1cccc(N2CCOCC2)n1)c1cnc2n1NC(c1cccc(F)c1Cl)C=C2. The molecule has 0 saturated carbocycles. The van der Waals surface area contributed by atoms with Gasteiger partial charge in [-0.05, 0) is 24.3 Å². The highest BCUT2D eigenvalue weighted by atomic mass is 35.5. The van der Waals surface area contributed by atoms with Crippen LogP contribution in [0.5, 0.6) is 0 Å². The van der Waals surface area contributed by atoms with Crippen LogP contribution in [0.15, 0.2) is 48.7 Å². The van der Waals surface area contributed by atoms with Crippen LogP contribution in [0.3, 0.4) is 0 Å². The summed E-state index contributed by atoms with van der Waals surface area (Å²) in [6, 6.07) is 9.69. The number of carbonyl (C=O) groups excluding carboxylic acids is 1. The van der Waals surface area contributed by atoms with Gasteiger partial charge < -0.3 is 20.4 Å². The highest BCUT2D eigenvalue weighted by Gasteiger charge is 2.24. The minimum Gasteiger partial charge on any atom is -0.378 e. The van der Waals surface area contributed by atoms with E-state index in [0.29, 0.717) is 36.1 Å². The summed E-state index contributed by atoms with van der Waals surface area (Å²) in [6.45, 7) is 2.80. The number of hydrogen-bond donors (Lipinski definition) is 2. The Bertz CT molecular complexity index is 1190. The maximum Gasteiger partial charge on any atom is 0.277 e. The first kappa shape index (κ1) is 20.5. The number of carbonyl (C=O) groups is 1. The Morgan fingerprint density at radius 3 is 2.88 bits per heavy atom. The van der Waals surface area contributed by atoms with E-state index in [1.165, 1.54) is 12.3 Å². The van der Waals surface area contributed by atoms with E-state index in [9.17, 15) is 9.18 Å². The molecule has 2 aromatic heterocycles. The van der Waals surface area contributed by atoms with Crippen LogP contribution in [0, 0.1) is 5.82 Å². The van der Waals surface area contributed by atoms with Gasteiger partial charge in [0.25, 0.3) is 5.91 Å². The lowest BCUT2D eigenvalue weighted by Gasteiger charge is -2.28. The summed E-state index contributed by atoms with van der Waals surface area (Å²) in [4.78, 5) is 24.0. The zero-order valence-corrected chi connectivity index (χ0v) is 17.7. The first-order valence-corrected chi connectivity index (χ1v) is 10.6. The average molecular weight is 455 g/mol. The molecule has 1 aromatic carbocycles. The Morgan fingerprint density at radius 2 is 2.03 bits per heavy atom. The Hall–Kier alpha value is -3.43. The fraction of sp³-hybridized carbons (Fsp3) is 0.227. The van der Waals surface area contributed by atoms with Gasteiger partial charge in [-0.1, -0.05) is 35.9 Å². The number of nitrogens with zero attached hydrogens (tertiary/aromatic N) is 4. The van der Waals surface area contributed by atoms with Crippen LogP contribution in [0.1, 0.15) is 27.9 Å². The second-order valence-electron chi connectivity index (χ2n) is 7.38. The predicted octanol–water partition coefficient (Wildman–Crippen LogP) is 3.47. The van der Waals surface area contributed by atoms with E-state index in [-0.39, 0.29) is 10.9 Å². The van der Waals surface area contributed by atoms with E-state index < -0.39 is 11.9 Å². The molecule has 8 nitrogen and oxygen atoms in total. The number of pyridine rings is 1. The first-order chi connectivity index (χ1) is 15.6. The molecule has 0 radical (unpaired) electrons. The maximum absolute atomic E-state index is 13.9. The highest BCUT2D eigenvalue weighted by Crippen LogP contribution is 2.30. The number of rotatable bonds is 4. The molecule has 3 aromatic rings. The number of morpholine rings is 1. The van der Waals surface area contributed by atoms with Crippen LogP contribution in [-0.2, 0) is 4.74 Å². The maximum atomic E-state index is 13.9. The van der Waals surface area contributed by atoms with Crippen molar-refractivity contribution in [1.29, 1.82) is 0 Å². The summed E-state index contributed by atoms with van der Waals surface area (Å²) >= 11 is 6.14. The lowest BCUT2D eigenvalue weighted by atomic mass is 10.1. The van der Waals surface area contributed by atoms with E-state index >= 15 is 0 Å². The Balaban J connectivity index is 1.35. The van der Waals surface area contributed by atoms with E-state index in [0.717, 1.165) is 18.9 Å². The molecule has 2 aliphatic rings. The molecule has 1 fully saturated rings. The lowest BCUT2D eigenvalue weighted by molar-refractivity contribution is 0.101. The zero-order chi connectivity index (χ0) is 22.1. The van der Waals surface area contributed by atoms with Gasteiger partial charge in [-0.25, -0.2) is 19.0 Å². The minimum absolute atomic E-state index is 0.0355. The van der Waals surface area contributed by atoms with Crippen molar-refractivity contribution in [3.05, 3.63) is 76.6 Å². The largest absolute Gasteiger partial charge is 0.378 e. The third-order valence-corrected chi connectivity index (χ3v) is 5.75. The number of anilines is 2. The smallest absolute Gasteiger partial charge is 0.277 e. The van der Waals surface area contributed by atoms with Crippen LogP contribution in [0.4, 0.5) is 16.0 Å². The number of amides is 1. The van der Waals surface area contributed by atoms with Crippen molar-refractivity contribution < 1.29 is 13.9 Å². The van der Waals surface area contributed by atoms with E-state index in [1.54, 1.807) is 29.0 Å². The molecule has 1 saturated heterocycles. The molecule has 5 rings (SSSR count). The number of ether oxygens (including phenoxy) is 1. The van der Waals surface area contributed by atoms with Gasteiger partial charge >= 0.3 is 0 Å². The molecule has 0 spiro atoms.